The lowest BCUT2D eigenvalue weighted by molar-refractivity contribution is -0.132. The van der Waals surface area contributed by atoms with Gasteiger partial charge in [-0.3, -0.25) is 0 Å². The third-order valence-corrected chi connectivity index (χ3v) is 3.10. The highest BCUT2D eigenvalue weighted by molar-refractivity contribution is 5.83. The van der Waals surface area contributed by atoms with Crippen LogP contribution < -0.4 is 9.47 Å². The molecule has 0 spiro atoms. The number of halogens is 1. The molecule has 132 valence electrons. The van der Waals surface area contributed by atoms with Crippen LogP contribution >= 0.6 is 0 Å². The van der Waals surface area contributed by atoms with Gasteiger partial charge in [-0.15, -0.1) is 0 Å². The third-order valence-electron chi connectivity index (χ3n) is 3.10. The molecule has 6 heteroatoms. The van der Waals surface area contributed by atoms with Crippen LogP contribution in [-0.4, -0.2) is 11.9 Å². The zero-order chi connectivity index (χ0) is 18.9. The number of hydrogen-bond donors (Lipinski definition) is 0. The van der Waals surface area contributed by atoms with Gasteiger partial charge in [0.15, 0.2) is 0 Å². The van der Waals surface area contributed by atoms with Gasteiger partial charge in [-0.05, 0) is 29.8 Å². The van der Waals surface area contributed by atoms with E-state index in [-0.39, 0.29) is 5.75 Å². The predicted octanol–water partition coefficient (Wildman–Crippen LogP) is 4.16. The summed E-state index contributed by atoms with van der Waals surface area (Å²) in [6.45, 7) is 6.54. The molecule has 0 amide bonds. The number of benzene rings is 2. The zero-order valence-corrected chi connectivity index (χ0v) is 13.7. The van der Waals surface area contributed by atoms with Crippen molar-refractivity contribution < 1.29 is 28.2 Å². The summed E-state index contributed by atoms with van der Waals surface area (Å²) in [6, 6.07) is 10.7. The van der Waals surface area contributed by atoms with Crippen molar-refractivity contribution >= 4 is 11.9 Å². The van der Waals surface area contributed by atoms with E-state index in [9.17, 15) is 14.0 Å². The van der Waals surface area contributed by atoms with E-state index in [1.165, 1.54) is 18.4 Å². The molecule has 0 N–H and O–H groups in total. The summed E-state index contributed by atoms with van der Waals surface area (Å²) in [4.78, 5) is 22.0. The fourth-order valence-electron chi connectivity index (χ4n) is 1.91. The maximum absolute atomic E-state index is 14.2. The molecule has 2 aromatic carbocycles. The first-order chi connectivity index (χ1) is 12.5. The topological polar surface area (TPSA) is 61.8 Å². The summed E-state index contributed by atoms with van der Waals surface area (Å²) in [5.41, 5.74) is 0.948. The van der Waals surface area contributed by atoms with E-state index < -0.39 is 17.8 Å². The minimum Gasteiger partial charge on any atom is -0.462 e. The second kappa shape index (κ2) is 8.98. The minimum absolute atomic E-state index is 0.0929. The Kier molecular flexibility index (Phi) is 6.45. The number of esters is 2. The van der Waals surface area contributed by atoms with Gasteiger partial charge in [0.2, 0.25) is 0 Å². The summed E-state index contributed by atoms with van der Waals surface area (Å²) in [5, 5.41) is 0. The summed E-state index contributed by atoms with van der Waals surface area (Å²) in [7, 11) is 0. The highest BCUT2D eigenvalue weighted by atomic mass is 19.1. The Bertz CT molecular complexity index is 853. The SMILES string of the molecule is C=CC(=O)OC=COc1ccc(-c2ccc(OC(=O)C=C)cc2F)cc1. The van der Waals surface area contributed by atoms with Crippen LogP contribution in [0.1, 0.15) is 0 Å². The smallest absolute Gasteiger partial charge is 0.335 e. The zero-order valence-electron chi connectivity index (χ0n) is 13.7. The molecule has 5 nitrogen and oxygen atoms in total. The molecular formula is C20H15FO5. The van der Waals surface area contributed by atoms with E-state index in [1.54, 1.807) is 24.3 Å². The van der Waals surface area contributed by atoms with Crippen molar-refractivity contribution in [2.75, 3.05) is 0 Å². The van der Waals surface area contributed by atoms with Gasteiger partial charge < -0.3 is 14.2 Å². The van der Waals surface area contributed by atoms with Crippen molar-refractivity contribution in [2.45, 2.75) is 0 Å². The molecule has 0 radical (unpaired) electrons. The van der Waals surface area contributed by atoms with E-state index in [4.69, 9.17) is 9.47 Å². The monoisotopic (exact) mass is 354 g/mol. The maximum atomic E-state index is 14.2. The van der Waals surface area contributed by atoms with Crippen molar-refractivity contribution in [3.05, 3.63) is 86.1 Å². The van der Waals surface area contributed by atoms with Crippen molar-refractivity contribution in [2.24, 2.45) is 0 Å². The quantitative estimate of drug-likeness (QED) is 0.323. The van der Waals surface area contributed by atoms with Gasteiger partial charge in [-0.1, -0.05) is 25.3 Å². The lowest BCUT2D eigenvalue weighted by atomic mass is 10.0. The molecule has 0 aliphatic heterocycles. The molecule has 0 saturated heterocycles. The fourth-order valence-corrected chi connectivity index (χ4v) is 1.91. The van der Waals surface area contributed by atoms with Gasteiger partial charge in [0, 0.05) is 23.8 Å². The van der Waals surface area contributed by atoms with E-state index in [0.717, 1.165) is 24.5 Å². The Hall–Kier alpha value is -3.67. The number of hydrogen-bond acceptors (Lipinski definition) is 5. The van der Waals surface area contributed by atoms with Gasteiger partial charge in [0.1, 0.15) is 29.8 Å². The minimum atomic E-state index is -0.662. The van der Waals surface area contributed by atoms with Crippen LogP contribution in [0.3, 0.4) is 0 Å². The summed E-state index contributed by atoms with van der Waals surface area (Å²) < 4.78 is 29.0. The Morgan fingerprint density at radius 3 is 2.15 bits per heavy atom. The van der Waals surface area contributed by atoms with Crippen LogP contribution in [0, 0.1) is 5.82 Å². The summed E-state index contributed by atoms with van der Waals surface area (Å²) >= 11 is 0. The van der Waals surface area contributed by atoms with Crippen molar-refractivity contribution in [3.8, 4) is 22.6 Å². The van der Waals surface area contributed by atoms with E-state index in [0.29, 0.717) is 16.9 Å². The van der Waals surface area contributed by atoms with Crippen molar-refractivity contribution in [3.63, 3.8) is 0 Å². The predicted molar refractivity (Wildman–Crippen MR) is 93.7 cm³/mol. The number of carbonyl (C=O) groups excluding carboxylic acids is 2. The second-order valence-electron chi connectivity index (χ2n) is 4.82. The first-order valence-corrected chi connectivity index (χ1v) is 7.42. The average molecular weight is 354 g/mol. The van der Waals surface area contributed by atoms with Gasteiger partial charge in [-0.2, -0.15) is 0 Å². The Morgan fingerprint density at radius 1 is 0.885 bits per heavy atom. The normalized spacial score (nSPS) is 10.2. The molecule has 0 saturated carbocycles. The van der Waals surface area contributed by atoms with Crippen LogP contribution in [0.15, 0.2) is 80.3 Å². The number of ether oxygens (including phenoxy) is 3. The molecule has 0 aliphatic carbocycles. The standard InChI is InChI=1S/C20H15FO5/c1-3-19(22)25-12-11-24-15-7-5-14(6-8-15)17-10-9-16(13-18(17)21)26-20(23)4-2/h3-13H,1-2H2. The van der Waals surface area contributed by atoms with Crippen molar-refractivity contribution in [1.29, 1.82) is 0 Å². The molecule has 2 rings (SSSR count). The molecule has 2 aromatic rings. The number of rotatable bonds is 7. The highest BCUT2D eigenvalue weighted by Gasteiger charge is 2.08. The van der Waals surface area contributed by atoms with Crippen molar-refractivity contribution in [1.82, 2.24) is 0 Å². The molecule has 0 aromatic heterocycles. The van der Waals surface area contributed by atoms with Gasteiger partial charge in [-0.25, -0.2) is 14.0 Å². The lowest BCUT2D eigenvalue weighted by Gasteiger charge is -2.07. The Balaban J connectivity index is 2.05. The maximum Gasteiger partial charge on any atom is 0.335 e. The molecule has 0 bridgehead atoms. The Labute approximate surface area is 149 Å². The van der Waals surface area contributed by atoms with E-state index in [1.807, 2.05) is 0 Å². The van der Waals surface area contributed by atoms with Gasteiger partial charge in [0.05, 0.1) is 0 Å². The Morgan fingerprint density at radius 2 is 1.54 bits per heavy atom. The van der Waals surface area contributed by atoms with E-state index >= 15 is 0 Å². The fraction of sp³-hybridized carbons (Fsp3) is 0. The van der Waals surface area contributed by atoms with Crippen LogP contribution in [0.2, 0.25) is 0 Å². The van der Waals surface area contributed by atoms with Crippen LogP contribution in [0.4, 0.5) is 4.39 Å². The largest absolute Gasteiger partial charge is 0.462 e. The molecule has 0 fully saturated rings. The molecule has 26 heavy (non-hydrogen) atoms. The summed E-state index contributed by atoms with van der Waals surface area (Å²) in [6.07, 6.45) is 4.30. The van der Waals surface area contributed by atoms with Crippen LogP contribution in [0.25, 0.3) is 11.1 Å². The third kappa shape index (κ3) is 5.17. The lowest BCUT2D eigenvalue weighted by Crippen LogP contribution is -2.03. The van der Waals surface area contributed by atoms with Gasteiger partial charge in [0.25, 0.3) is 0 Å². The van der Waals surface area contributed by atoms with E-state index in [2.05, 4.69) is 17.9 Å². The molecule has 0 aliphatic rings. The summed E-state index contributed by atoms with van der Waals surface area (Å²) in [5.74, 6) is -1.24. The number of carbonyl (C=O) groups is 2. The molecule has 0 heterocycles. The van der Waals surface area contributed by atoms with Gasteiger partial charge >= 0.3 is 11.9 Å². The molecule has 0 atom stereocenters. The average Bonchev–Trinajstić information content (AvgIpc) is 2.65. The van der Waals surface area contributed by atoms with Crippen LogP contribution in [0.5, 0.6) is 11.5 Å². The van der Waals surface area contributed by atoms with Crippen LogP contribution in [-0.2, 0) is 14.3 Å². The first kappa shape index (κ1) is 18.7. The second-order valence-corrected chi connectivity index (χ2v) is 4.82. The molecular weight excluding hydrogens is 339 g/mol. The molecule has 0 unspecified atom stereocenters. The highest BCUT2D eigenvalue weighted by Crippen LogP contribution is 2.28. The first-order valence-electron chi connectivity index (χ1n) is 7.42.